The van der Waals surface area contributed by atoms with Crippen LogP contribution in [0.2, 0.25) is 0 Å². The van der Waals surface area contributed by atoms with Crippen molar-refractivity contribution in [2.45, 2.75) is 31.4 Å². The maximum absolute atomic E-state index is 13.4. The number of amides is 1. The van der Waals surface area contributed by atoms with Gasteiger partial charge in [-0.3, -0.25) is 28.8 Å². The first-order chi connectivity index (χ1) is 33.5. The van der Waals surface area contributed by atoms with Crippen molar-refractivity contribution in [1.82, 2.24) is 19.9 Å². The molecule has 5 atom stereocenters. The topological polar surface area (TPSA) is 392 Å². The Morgan fingerprint density at radius 2 is 1.73 bits per heavy atom. The van der Waals surface area contributed by atoms with E-state index in [2.05, 4.69) is 45.6 Å². The molecule has 9 N–H and O–H groups in total. The van der Waals surface area contributed by atoms with Crippen LogP contribution in [0, 0.1) is 22.0 Å². The quantitative estimate of drug-likeness (QED) is 0.0202. The van der Waals surface area contributed by atoms with Gasteiger partial charge in [-0.15, -0.1) is 0 Å². The number of carboxylic acids is 1. The summed E-state index contributed by atoms with van der Waals surface area (Å²) in [5, 5.41) is 49.2. The lowest BCUT2D eigenvalue weighted by Gasteiger charge is -2.19. The predicted molar refractivity (Wildman–Crippen MR) is 245 cm³/mol. The van der Waals surface area contributed by atoms with E-state index in [1.54, 1.807) is 6.07 Å². The molecule has 4 heterocycles. The van der Waals surface area contributed by atoms with Crippen LogP contribution in [0.5, 0.6) is 5.75 Å². The highest BCUT2D eigenvalue weighted by atomic mass is 31.3. The van der Waals surface area contributed by atoms with Crippen LogP contribution in [-0.2, 0) is 38.1 Å². The number of nitrogens with zero attached hydrogens (tertiary/aromatic N) is 4. The number of aromatic nitrogens is 3. The number of carboxylic acid groups (broad SMARTS) is 1. The summed E-state index contributed by atoms with van der Waals surface area (Å²) < 4.78 is 59.7. The number of aliphatic hydroxyl groups excluding tert-OH is 1. The zero-order chi connectivity index (χ0) is 51.0. The van der Waals surface area contributed by atoms with Gasteiger partial charge in [0, 0.05) is 70.6 Å². The van der Waals surface area contributed by atoms with Gasteiger partial charge in [-0.05, 0) is 66.2 Å². The van der Waals surface area contributed by atoms with Crippen LogP contribution in [-0.4, -0.2) is 91.6 Å². The van der Waals surface area contributed by atoms with Crippen molar-refractivity contribution in [3.05, 3.63) is 134 Å². The summed E-state index contributed by atoms with van der Waals surface area (Å²) in [5.41, 5.74) is 1.64. The fourth-order valence-corrected chi connectivity index (χ4v) is 10.6. The number of ether oxygens (including phenoxy) is 1. The molecule has 29 heteroatoms. The van der Waals surface area contributed by atoms with E-state index >= 15 is 0 Å². The molecule has 1 saturated heterocycles. The van der Waals surface area contributed by atoms with Gasteiger partial charge in [0.15, 0.2) is 11.1 Å². The largest absolute Gasteiger partial charge is 0.508 e. The Morgan fingerprint density at radius 1 is 0.944 bits per heavy atom. The number of hydrogen-bond donors (Lipinski definition) is 9. The smallest absolute Gasteiger partial charge is 0.490 e. The molecule has 3 aromatic carbocycles. The number of carbonyl (C=O) groups is 2. The number of pyridine rings is 1. The van der Waals surface area contributed by atoms with Crippen LogP contribution < -0.4 is 16.1 Å². The monoisotopic (exact) mass is 1040 g/mol. The molecule has 0 bridgehead atoms. The Kier molecular flexibility index (Phi) is 14.1. The summed E-state index contributed by atoms with van der Waals surface area (Å²) >= 11 is 0. The number of benzene rings is 4. The third kappa shape index (κ3) is 11.5. The summed E-state index contributed by atoms with van der Waals surface area (Å²) in [6.07, 6.45) is -1.06. The van der Waals surface area contributed by atoms with Gasteiger partial charge in [-0.2, -0.15) is 8.62 Å². The van der Waals surface area contributed by atoms with Crippen molar-refractivity contribution >= 4 is 68.9 Å². The third-order valence-electron chi connectivity index (χ3n) is 10.6. The number of aliphatic hydroxyl groups is 1. The second-order valence-electron chi connectivity index (χ2n) is 15.3. The number of nitrogens with one attached hydrogen (secondary N) is 2. The number of phosphoric ester groups is 1. The lowest BCUT2D eigenvalue weighted by Crippen LogP contribution is -2.26. The highest BCUT2D eigenvalue weighted by Gasteiger charge is 2.43. The summed E-state index contributed by atoms with van der Waals surface area (Å²) in [5.74, 6) is 3.60. The SMILES string of the molecule is O=C(NCC#Cc1ccc(CNc2ccnc3c2ncn3[C@H]2C[C@@H](O)[C@@H](COP(=O)(O)OP(=O)(O)OP(=O)(O)O)O2)c([N+](=O)[O-])c1)c1ccc(C(=O)O)c(-c2c3ccc(=O)cc-3oc3cc(O)ccc23)c1. The van der Waals surface area contributed by atoms with Gasteiger partial charge < -0.3 is 54.7 Å². The molecule has 368 valence electrons. The van der Waals surface area contributed by atoms with Crippen molar-refractivity contribution in [2.75, 3.05) is 18.5 Å². The number of rotatable bonds is 16. The van der Waals surface area contributed by atoms with Gasteiger partial charge in [0.25, 0.3) is 11.6 Å². The summed E-state index contributed by atoms with van der Waals surface area (Å²) in [6, 6.07) is 18.0. The zero-order valence-corrected chi connectivity index (χ0v) is 38.5. The second kappa shape index (κ2) is 19.9. The Bertz CT molecular complexity index is 3530. The van der Waals surface area contributed by atoms with Crippen molar-refractivity contribution in [3.63, 3.8) is 0 Å². The number of aromatic hydroxyl groups is 1. The highest BCUT2D eigenvalue weighted by molar-refractivity contribution is 7.66. The van der Waals surface area contributed by atoms with E-state index in [1.165, 1.54) is 89.9 Å². The van der Waals surface area contributed by atoms with Crippen LogP contribution in [0.15, 0.2) is 101 Å². The number of carbonyl (C=O) groups excluding carboxylic acids is 1. The molecule has 2 aromatic heterocycles. The molecule has 8 rings (SSSR count). The third-order valence-corrected chi connectivity index (χ3v) is 14.4. The summed E-state index contributed by atoms with van der Waals surface area (Å²) in [4.78, 5) is 94.9. The minimum absolute atomic E-state index is 0.0618. The molecule has 1 fully saturated rings. The van der Waals surface area contributed by atoms with Gasteiger partial charge in [0.2, 0.25) is 0 Å². The summed E-state index contributed by atoms with van der Waals surface area (Å²) in [7, 11) is -16.9. The Morgan fingerprint density at radius 3 is 2.48 bits per heavy atom. The van der Waals surface area contributed by atoms with Gasteiger partial charge >= 0.3 is 29.4 Å². The first-order valence-electron chi connectivity index (χ1n) is 20.3. The molecule has 3 aliphatic rings. The maximum atomic E-state index is 13.4. The normalized spacial score (nSPS) is 17.6. The number of phenols is 1. The van der Waals surface area contributed by atoms with Crippen molar-refractivity contribution in [1.29, 1.82) is 0 Å². The zero-order valence-electron chi connectivity index (χ0n) is 35.8. The molecule has 2 unspecified atom stereocenters. The standard InChI is InChI=1S/C42H35N6O20P3/c49-25-6-9-28-34(16-25)65-35-17-26(50)7-10-29(35)38(28)30-15-23(5-8-27(30)42(53)54)41(52)44-12-1-2-22-3-4-24(32(14-22)48(55)56)19-45-31-11-13-43-40-39(31)46-21-47(40)37-18-33(51)36(66-37)20-64-70(60,61)68-71(62,63)67-69(57,58)59/h3-11,13-17,21,33,36-37,49,51H,12,18-20H2,(H,43,45)(H,44,52)(H,53,54)(H,60,61)(H,62,63)(H2,57,58,59)/t33-,36-,37-/m1/s1. The maximum Gasteiger partial charge on any atom is 0.490 e. The number of hydrogen-bond acceptors (Lipinski definition) is 18. The van der Waals surface area contributed by atoms with E-state index in [0.717, 1.165) is 0 Å². The average Bonchev–Trinajstić information content (AvgIpc) is 3.90. The number of nitro groups is 1. The Balaban J connectivity index is 0.922. The molecular weight excluding hydrogens is 1000 g/mol. The van der Waals surface area contributed by atoms with E-state index in [0.29, 0.717) is 22.2 Å². The highest BCUT2D eigenvalue weighted by Crippen LogP contribution is 2.66. The molecular formula is C42H35N6O20P3. The van der Waals surface area contributed by atoms with E-state index < -0.39 is 65.3 Å². The first kappa shape index (κ1) is 50.2. The molecule has 71 heavy (non-hydrogen) atoms. The lowest BCUT2D eigenvalue weighted by atomic mass is 9.89. The number of fused-ring (bicyclic) bond motifs is 3. The average molecular weight is 1040 g/mol. The van der Waals surface area contributed by atoms with Crippen molar-refractivity contribution in [3.8, 4) is 40.0 Å². The molecule has 5 aromatic rings. The molecule has 0 radical (unpaired) electrons. The van der Waals surface area contributed by atoms with E-state index in [4.69, 9.17) is 18.9 Å². The number of phosphoric acid groups is 3. The fraction of sp³-hybridized carbons (Fsp3) is 0.167. The Labute approximate surface area is 397 Å². The molecule has 1 amide bonds. The van der Waals surface area contributed by atoms with Gasteiger partial charge in [0.1, 0.15) is 34.9 Å². The van der Waals surface area contributed by atoms with Crippen LogP contribution >= 0.6 is 23.5 Å². The predicted octanol–water partition coefficient (Wildman–Crippen LogP) is 5.01. The fourth-order valence-electron chi connectivity index (χ4n) is 7.55. The van der Waals surface area contributed by atoms with Crippen LogP contribution in [0.25, 0.3) is 44.6 Å². The van der Waals surface area contributed by atoms with Crippen LogP contribution in [0.4, 0.5) is 11.4 Å². The van der Waals surface area contributed by atoms with Crippen LogP contribution in [0.3, 0.4) is 0 Å². The lowest BCUT2D eigenvalue weighted by molar-refractivity contribution is -0.385. The molecule has 0 spiro atoms. The number of phenolic OH excluding ortho intramolecular Hbond substituents is 1. The molecule has 1 aliphatic carbocycles. The van der Waals surface area contributed by atoms with E-state index in [-0.39, 0.29) is 86.7 Å². The minimum atomic E-state index is -5.77. The van der Waals surface area contributed by atoms with Gasteiger partial charge in [-0.1, -0.05) is 11.8 Å². The first-order valence-corrected chi connectivity index (χ1v) is 24.9. The van der Waals surface area contributed by atoms with E-state index in [9.17, 15) is 63.3 Å². The van der Waals surface area contributed by atoms with Crippen LogP contribution in [0.1, 0.15) is 44.5 Å². The number of imidazole rings is 1. The van der Waals surface area contributed by atoms with Crippen molar-refractivity contribution < 1.29 is 85.4 Å². The second-order valence-corrected chi connectivity index (χ2v) is 19.7. The van der Waals surface area contributed by atoms with Crippen molar-refractivity contribution in [2.24, 2.45) is 0 Å². The molecule has 26 nitrogen and oxygen atoms in total. The number of aromatic carboxylic acids is 1. The molecule has 2 aliphatic heterocycles. The number of nitro benzene ring substituents is 1. The van der Waals surface area contributed by atoms with E-state index in [1.807, 2.05) is 0 Å². The molecule has 0 saturated carbocycles. The van der Waals surface area contributed by atoms with Gasteiger partial charge in [-0.25, -0.2) is 28.5 Å². The minimum Gasteiger partial charge on any atom is -0.508 e. The number of anilines is 1. The van der Waals surface area contributed by atoms with Gasteiger partial charge in [0.05, 0.1) is 41.8 Å². The summed E-state index contributed by atoms with van der Waals surface area (Å²) in [6.45, 7) is -1.19. The Hall–Kier alpha value is -7.20.